The molecule has 6 heteroatoms. The Hall–Kier alpha value is -1.82. The molecule has 1 aliphatic rings. The number of piperazine rings is 1. The minimum absolute atomic E-state index is 0.308. The van der Waals surface area contributed by atoms with Crippen molar-refractivity contribution in [1.82, 2.24) is 9.88 Å². The van der Waals surface area contributed by atoms with Crippen molar-refractivity contribution < 1.29 is 9.84 Å². The summed E-state index contributed by atoms with van der Waals surface area (Å²) in [7, 11) is 0. The number of halogens is 1. The van der Waals surface area contributed by atoms with E-state index in [-0.39, 0.29) is 0 Å². The lowest BCUT2D eigenvalue weighted by molar-refractivity contribution is 0.0658. The molecule has 1 aliphatic heterocycles. The molecule has 1 N–H and O–H groups in total. The highest BCUT2D eigenvalue weighted by atomic mass is 35.5. The van der Waals surface area contributed by atoms with Gasteiger partial charge in [-0.15, -0.1) is 0 Å². The topological polar surface area (TPSA) is 48.8 Å². The van der Waals surface area contributed by atoms with Gasteiger partial charge in [-0.05, 0) is 29.7 Å². The largest absolute Gasteiger partial charge is 0.491 e. The van der Waals surface area contributed by atoms with Crippen LogP contribution >= 0.6 is 11.6 Å². The number of benzene rings is 1. The van der Waals surface area contributed by atoms with Gasteiger partial charge in [0.2, 0.25) is 0 Å². The van der Waals surface area contributed by atoms with Gasteiger partial charge in [0.15, 0.2) is 0 Å². The summed E-state index contributed by atoms with van der Waals surface area (Å²) >= 11 is 5.90. The van der Waals surface area contributed by atoms with Crippen molar-refractivity contribution in [3.63, 3.8) is 0 Å². The highest BCUT2D eigenvalue weighted by Gasteiger charge is 2.20. The van der Waals surface area contributed by atoms with Crippen molar-refractivity contribution >= 4 is 17.4 Å². The third kappa shape index (κ3) is 5.58. The molecule has 0 radical (unpaired) electrons. The summed E-state index contributed by atoms with van der Waals surface area (Å²) in [5, 5.41) is 11.1. The van der Waals surface area contributed by atoms with E-state index < -0.39 is 6.10 Å². The molecule has 2 aromatic rings. The molecule has 1 fully saturated rings. The Bertz CT molecular complexity index is 716. The fourth-order valence-electron chi connectivity index (χ4n) is 3.34. The molecular formula is C21H28ClN3O2. The summed E-state index contributed by atoms with van der Waals surface area (Å²) in [6.07, 6.45) is 1.17. The van der Waals surface area contributed by atoms with Crippen LogP contribution in [0.15, 0.2) is 42.6 Å². The number of hydrogen-bond acceptors (Lipinski definition) is 5. The summed E-state index contributed by atoms with van der Waals surface area (Å²) in [5.41, 5.74) is 1.17. The number of anilines is 1. The van der Waals surface area contributed by atoms with E-state index in [9.17, 15) is 5.11 Å². The maximum absolute atomic E-state index is 10.4. The van der Waals surface area contributed by atoms with Crippen LogP contribution in [0.3, 0.4) is 0 Å². The van der Waals surface area contributed by atoms with Gasteiger partial charge in [-0.1, -0.05) is 43.6 Å². The Labute approximate surface area is 166 Å². The molecular weight excluding hydrogens is 362 g/mol. The van der Waals surface area contributed by atoms with Gasteiger partial charge in [0, 0.05) is 38.9 Å². The van der Waals surface area contributed by atoms with Gasteiger partial charge in [-0.25, -0.2) is 4.98 Å². The Morgan fingerprint density at radius 1 is 1.11 bits per heavy atom. The van der Waals surface area contributed by atoms with Crippen LogP contribution in [0.25, 0.3) is 0 Å². The number of rotatable bonds is 7. The van der Waals surface area contributed by atoms with Gasteiger partial charge in [0.1, 0.15) is 24.3 Å². The van der Waals surface area contributed by atoms with Crippen molar-refractivity contribution in [2.24, 2.45) is 0 Å². The van der Waals surface area contributed by atoms with E-state index in [4.69, 9.17) is 16.3 Å². The molecule has 0 aliphatic carbocycles. The standard InChI is InChI=1S/C21H28ClN3O2/c1-16(2)19-5-3-4-6-20(19)27-15-18(26)14-24-9-11-25(12-10-24)21-8-7-17(22)13-23-21/h3-8,13,16,18,26H,9-12,14-15H2,1-2H3/t18-/m0/s1. The van der Waals surface area contributed by atoms with Crippen molar-refractivity contribution in [3.8, 4) is 5.75 Å². The normalized spacial score (nSPS) is 16.6. The first-order valence-corrected chi connectivity index (χ1v) is 9.89. The highest BCUT2D eigenvalue weighted by Crippen LogP contribution is 2.26. The summed E-state index contributed by atoms with van der Waals surface area (Å²) in [6.45, 7) is 8.78. The van der Waals surface area contributed by atoms with E-state index >= 15 is 0 Å². The second kappa shape index (κ2) is 9.40. The second-order valence-electron chi connectivity index (χ2n) is 7.28. The number of aliphatic hydroxyl groups is 1. The van der Waals surface area contributed by atoms with Gasteiger partial charge in [-0.3, -0.25) is 4.90 Å². The SMILES string of the molecule is CC(C)c1ccccc1OC[C@@H](O)CN1CCN(c2ccc(Cl)cn2)CC1. The van der Waals surface area contributed by atoms with Gasteiger partial charge < -0.3 is 14.7 Å². The molecule has 146 valence electrons. The molecule has 3 rings (SSSR count). The second-order valence-corrected chi connectivity index (χ2v) is 7.72. The monoisotopic (exact) mass is 389 g/mol. The van der Waals surface area contributed by atoms with Gasteiger partial charge in [0.05, 0.1) is 5.02 Å². The van der Waals surface area contributed by atoms with Crippen molar-refractivity contribution in [3.05, 3.63) is 53.2 Å². The molecule has 1 aromatic carbocycles. The Morgan fingerprint density at radius 2 is 1.85 bits per heavy atom. The predicted octanol–water partition coefficient (Wildman–Crippen LogP) is 3.42. The van der Waals surface area contributed by atoms with Crippen LogP contribution in [0.4, 0.5) is 5.82 Å². The number of β-amino-alcohol motifs (C(OH)–C–C–N with tert-alkyl or cyclic N) is 1. The number of ether oxygens (including phenoxy) is 1. The van der Waals surface area contributed by atoms with E-state index in [1.807, 2.05) is 30.3 Å². The van der Waals surface area contributed by atoms with Crippen molar-refractivity contribution in [2.45, 2.75) is 25.9 Å². The zero-order chi connectivity index (χ0) is 19.2. The summed E-state index contributed by atoms with van der Waals surface area (Å²) in [4.78, 5) is 8.90. The van der Waals surface area contributed by atoms with Crippen LogP contribution in [0.1, 0.15) is 25.3 Å². The zero-order valence-electron chi connectivity index (χ0n) is 16.0. The third-order valence-corrected chi connectivity index (χ3v) is 5.07. The Kier molecular flexibility index (Phi) is 6.94. The fraction of sp³-hybridized carbons (Fsp3) is 0.476. The van der Waals surface area contributed by atoms with E-state index in [0.717, 1.165) is 37.7 Å². The maximum Gasteiger partial charge on any atom is 0.128 e. The molecule has 1 atom stereocenters. The van der Waals surface area contributed by atoms with Crippen LogP contribution in [0, 0.1) is 0 Å². The molecule has 0 saturated carbocycles. The first-order chi connectivity index (χ1) is 13.0. The summed E-state index contributed by atoms with van der Waals surface area (Å²) < 4.78 is 5.89. The van der Waals surface area contributed by atoms with E-state index in [1.54, 1.807) is 6.20 Å². The van der Waals surface area contributed by atoms with E-state index in [2.05, 4.69) is 34.7 Å². The summed E-state index contributed by atoms with van der Waals surface area (Å²) in [6, 6.07) is 11.9. The lowest BCUT2D eigenvalue weighted by atomic mass is 10.0. The van der Waals surface area contributed by atoms with Crippen LogP contribution in [0.5, 0.6) is 5.75 Å². The molecule has 5 nitrogen and oxygen atoms in total. The molecule has 27 heavy (non-hydrogen) atoms. The van der Waals surface area contributed by atoms with Gasteiger partial charge in [0.25, 0.3) is 0 Å². The lowest BCUT2D eigenvalue weighted by Gasteiger charge is -2.36. The molecule has 0 amide bonds. The van der Waals surface area contributed by atoms with Crippen LogP contribution < -0.4 is 9.64 Å². The van der Waals surface area contributed by atoms with E-state index in [1.165, 1.54) is 5.56 Å². The number of nitrogens with zero attached hydrogens (tertiary/aromatic N) is 3. The molecule has 1 saturated heterocycles. The van der Waals surface area contributed by atoms with Crippen molar-refractivity contribution in [2.75, 3.05) is 44.2 Å². The molecule has 0 unspecified atom stereocenters. The number of aromatic nitrogens is 1. The number of para-hydroxylation sites is 1. The minimum Gasteiger partial charge on any atom is -0.491 e. The van der Waals surface area contributed by atoms with Crippen LogP contribution in [0.2, 0.25) is 5.02 Å². The third-order valence-electron chi connectivity index (χ3n) is 4.85. The Morgan fingerprint density at radius 3 is 2.52 bits per heavy atom. The minimum atomic E-state index is -0.509. The average Bonchev–Trinajstić information content (AvgIpc) is 2.68. The van der Waals surface area contributed by atoms with Gasteiger partial charge in [-0.2, -0.15) is 0 Å². The smallest absolute Gasteiger partial charge is 0.128 e. The Balaban J connectivity index is 1.44. The summed E-state index contributed by atoms with van der Waals surface area (Å²) in [5.74, 6) is 2.21. The maximum atomic E-state index is 10.4. The molecule has 2 heterocycles. The predicted molar refractivity (Wildman–Crippen MR) is 110 cm³/mol. The number of hydrogen-bond donors (Lipinski definition) is 1. The van der Waals surface area contributed by atoms with Crippen LogP contribution in [-0.2, 0) is 0 Å². The highest BCUT2D eigenvalue weighted by molar-refractivity contribution is 6.30. The van der Waals surface area contributed by atoms with Gasteiger partial charge >= 0.3 is 0 Å². The first-order valence-electron chi connectivity index (χ1n) is 9.51. The number of pyridine rings is 1. The quantitative estimate of drug-likeness (QED) is 0.786. The average molecular weight is 390 g/mol. The number of aliphatic hydroxyl groups excluding tert-OH is 1. The zero-order valence-corrected chi connectivity index (χ0v) is 16.8. The molecule has 1 aromatic heterocycles. The lowest BCUT2D eigenvalue weighted by Crippen LogP contribution is -2.49. The van der Waals surface area contributed by atoms with Crippen molar-refractivity contribution in [1.29, 1.82) is 0 Å². The first kappa shape index (κ1) is 19.9. The fourth-order valence-corrected chi connectivity index (χ4v) is 3.45. The van der Waals surface area contributed by atoms with Crippen LogP contribution in [-0.4, -0.2) is 60.4 Å². The molecule has 0 bridgehead atoms. The van der Waals surface area contributed by atoms with E-state index in [0.29, 0.717) is 24.1 Å². The molecule has 0 spiro atoms.